The summed E-state index contributed by atoms with van der Waals surface area (Å²) in [5.74, 6) is 1.16. The van der Waals surface area contributed by atoms with Gasteiger partial charge in [-0.2, -0.15) is 0 Å². The maximum Gasteiger partial charge on any atom is 0.254 e. The van der Waals surface area contributed by atoms with E-state index in [4.69, 9.17) is 4.74 Å². The molecule has 1 heterocycles. The molecule has 1 saturated carbocycles. The number of carbonyl (C=O) groups is 2. The Morgan fingerprint density at radius 1 is 1.00 bits per heavy atom. The molecule has 0 aromatic heterocycles. The Kier molecular flexibility index (Phi) is 7.10. The van der Waals surface area contributed by atoms with Crippen LogP contribution in [0.25, 0.3) is 0 Å². The van der Waals surface area contributed by atoms with Gasteiger partial charge < -0.3 is 15.0 Å². The van der Waals surface area contributed by atoms with Crippen LogP contribution >= 0.6 is 0 Å². The van der Waals surface area contributed by atoms with Gasteiger partial charge in [0.25, 0.3) is 5.91 Å². The van der Waals surface area contributed by atoms with Crippen LogP contribution < -0.4 is 10.1 Å². The predicted octanol–water partition coefficient (Wildman–Crippen LogP) is 3.96. The Morgan fingerprint density at radius 2 is 1.69 bits per heavy atom. The predicted molar refractivity (Wildman–Crippen MR) is 126 cm³/mol. The summed E-state index contributed by atoms with van der Waals surface area (Å²) in [6.07, 6.45) is 4.56. The Labute approximate surface area is 190 Å². The van der Waals surface area contributed by atoms with Crippen molar-refractivity contribution in [1.82, 2.24) is 9.80 Å². The van der Waals surface area contributed by atoms with Gasteiger partial charge in [0.2, 0.25) is 5.91 Å². The summed E-state index contributed by atoms with van der Waals surface area (Å²) < 4.78 is 5.26. The van der Waals surface area contributed by atoms with E-state index in [2.05, 4.69) is 10.2 Å². The molecule has 1 saturated heterocycles. The summed E-state index contributed by atoms with van der Waals surface area (Å²) in [4.78, 5) is 30.5. The van der Waals surface area contributed by atoms with Crippen LogP contribution in [0, 0.1) is 12.8 Å². The van der Waals surface area contributed by atoms with Crippen LogP contribution in [-0.4, -0.2) is 60.9 Å². The number of amides is 2. The van der Waals surface area contributed by atoms with E-state index < -0.39 is 0 Å². The van der Waals surface area contributed by atoms with E-state index in [1.165, 1.54) is 18.4 Å². The lowest BCUT2D eigenvalue weighted by Crippen LogP contribution is -2.56. The molecule has 2 fully saturated rings. The Balaban J connectivity index is 1.42. The smallest absolute Gasteiger partial charge is 0.254 e. The monoisotopic (exact) mass is 435 g/mol. The standard InChI is InChI=1S/C26H33N3O3/c1-19-10-12-22(13-11-19)27-25(30)24(20-6-3-4-7-20)28-14-16-29(17-15-28)26(31)21-8-5-9-23(18-21)32-2/h5,8-13,18,20,24H,3-4,6-7,14-17H2,1-2H3,(H,27,30). The van der Waals surface area contributed by atoms with Crippen molar-refractivity contribution in [2.75, 3.05) is 38.6 Å². The second-order valence-electron chi connectivity index (χ2n) is 8.90. The van der Waals surface area contributed by atoms with Crippen molar-refractivity contribution in [2.45, 2.75) is 38.6 Å². The van der Waals surface area contributed by atoms with Gasteiger partial charge in [-0.05, 0) is 56.0 Å². The molecule has 6 nitrogen and oxygen atoms in total. The lowest BCUT2D eigenvalue weighted by Gasteiger charge is -2.40. The molecule has 1 N–H and O–H groups in total. The van der Waals surface area contributed by atoms with Gasteiger partial charge in [0, 0.05) is 37.4 Å². The number of nitrogens with one attached hydrogen (secondary N) is 1. The molecule has 1 aliphatic heterocycles. The molecular weight excluding hydrogens is 402 g/mol. The van der Waals surface area contributed by atoms with Gasteiger partial charge in [-0.1, -0.05) is 36.6 Å². The zero-order valence-corrected chi connectivity index (χ0v) is 19.0. The van der Waals surface area contributed by atoms with Crippen LogP contribution in [0.1, 0.15) is 41.6 Å². The molecule has 0 radical (unpaired) electrons. The fourth-order valence-electron chi connectivity index (χ4n) is 4.95. The summed E-state index contributed by atoms with van der Waals surface area (Å²) in [6.45, 7) is 4.70. The van der Waals surface area contributed by atoms with E-state index >= 15 is 0 Å². The van der Waals surface area contributed by atoms with Crippen molar-refractivity contribution >= 4 is 17.5 Å². The molecule has 6 heteroatoms. The average Bonchev–Trinajstić information content (AvgIpc) is 3.35. The van der Waals surface area contributed by atoms with Gasteiger partial charge >= 0.3 is 0 Å². The van der Waals surface area contributed by atoms with E-state index in [0.717, 1.165) is 18.5 Å². The summed E-state index contributed by atoms with van der Waals surface area (Å²) >= 11 is 0. The van der Waals surface area contributed by atoms with Crippen LogP contribution in [0.4, 0.5) is 5.69 Å². The van der Waals surface area contributed by atoms with E-state index in [1.54, 1.807) is 13.2 Å². The van der Waals surface area contributed by atoms with Crippen LogP contribution in [-0.2, 0) is 4.79 Å². The average molecular weight is 436 g/mol. The summed E-state index contributed by atoms with van der Waals surface area (Å²) in [5, 5.41) is 3.14. The van der Waals surface area contributed by atoms with Crippen LogP contribution in [0.2, 0.25) is 0 Å². The fraction of sp³-hybridized carbons (Fsp3) is 0.462. The summed E-state index contributed by atoms with van der Waals surface area (Å²) in [5.41, 5.74) is 2.66. The second kappa shape index (κ2) is 10.2. The summed E-state index contributed by atoms with van der Waals surface area (Å²) in [7, 11) is 1.60. The van der Waals surface area contributed by atoms with Gasteiger partial charge in [-0.15, -0.1) is 0 Å². The molecule has 0 bridgehead atoms. The number of benzene rings is 2. The molecule has 1 aliphatic carbocycles. The van der Waals surface area contributed by atoms with E-state index in [-0.39, 0.29) is 17.9 Å². The van der Waals surface area contributed by atoms with Crippen molar-refractivity contribution in [3.05, 3.63) is 59.7 Å². The third kappa shape index (κ3) is 5.13. The molecule has 170 valence electrons. The molecule has 2 aliphatic rings. The first kappa shape index (κ1) is 22.3. The first-order chi connectivity index (χ1) is 15.5. The van der Waals surface area contributed by atoms with Crippen molar-refractivity contribution in [1.29, 1.82) is 0 Å². The quantitative estimate of drug-likeness (QED) is 0.746. The molecule has 4 rings (SSSR count). The van der Waals surface area contributed by atoms with Crippen LogP contribution in [0.3, 0.4) is 0 Å². The van der Waals surface area contributed by atoms with Crippen LogP contribution in [0.5, 0.6) is 5.75 Å². The van der Waals surface area contributed by atoms with Crippen LogP contribution in [0.15, 0.2) is 48.5 Å². The molecular formula is C26H33N3O3. The second-order valence-corrected chi connectivity index (χ2v) is 8.90. The number of hydrogen-bond donors (Lipinski definition) is 1. The molecule has 2 amide bonds. The van der Waals surface area contributed by atoms with Gasteiger partial charge in [0.05, 0.1) is 13.2 Å². The minimum atomic E-state index is -0.145. The zero-order valence-electron chi connectivity index (χ0n) is 19.0. The fourth-order valence-corrected chi connectivity index (χ4v) is 4.95. The normalized spacial score (nSPS) is 18.4. The minimum absolute atomic E-state index is 0.0186. The number of methoxy groups -OCH3 is 1. The minimum Gasteiger partial charge on any atom is -0.497 e. The van der Waals surface area contributed by atoms with Gasteiger partial charge in [0.15, 0.2) is 0 Å². The molecule has 2 aromatic carbocycles. The highest BCUT2D eigenvalue weighted by Gasteiger charge is 2.37. The highest BCUT2D eigenvalue weighted by atomic mass is 16.5. The van der Waals surface area contributed by atoms with Gasteiger partial charge in [-0.25, -0.2) is 0 Å². The number of piperazine rings is 1. The Morgan fingerprint density at radius 3 is 2.34 bits per heavy atom. The first-order valence-electron chi connectivity index (χ1n) is 11.6. The van der Waals surface area contributed by atoms with Crippen molar-refractivity contribution in [3.63, 3.8) is 0 Å². The highest BCUT2D eigenvalue weighted by Crippen LogP contribution is 2.32. The van der Waals surface area contributed by atoms with Crippen molar-refractivity contribution in [2.24, 2.45) is 5.92 Å². The van der Waals surface area contributed by atoms with Gasteiger partial charge in [0.1, 0.15) is 5.75 Å². The highest BCUT2D eigenvalue weighted by molar-refractivity contribution is 5.96. The lowest BCUT2D eigenvalue weighted by atomic mass is 9.94. The van der Waals surface area contributed by atoms with Gasteiger partial charge in [-0.3, -0.25) is 14.5 Å². The number of aryl methyl sites for hydroxylation is 1. The molecule has 1 atom stereocenters. The number of carbonyl (C=O) groups excluding carboxylic acids is 2. The van der Waals surface area contributed by atoms with E-state index in [1.807, 2.05) is 54.3 Å². The largest absolute Gasteiger partial charge is 0.497 e. The third-order valence-corrected chi connectivity index (χ3v) is 6.75. The number of ether oxygens (including phenoxy) is 1. The molecule has 32 heavy (non-hydrogen) atoms. The zero-order chi connectivity index (χ0) is 22.5. The molecule has 1 unspecified atom stereocenters. The number of anilines is 1. The van der Waals surface area contributed by atoms with E-state index in [9.17, 15) is 9.59 Å². The number of nitrogens with zero attached hydrogens (tertiary/aromatic N) is 2. The number of hydrogen-bond acceptors (Lipinski definition) is 4. The number of rotatable bonds is 6. The Hall–Kier alpha value is -2.86. The maximum atomic E-state index is 13.3. The molecule has 2 aromatic rings. The maximum absolute atomic E-state index is 13.3. The van der Waals surface area contributed by atoms with Crippen molar-refractivity contribution < 1.29 is 14.3 Å². The lowest BCUT2D eigenvalue weighted by molar-refractivity contribution is -0.123. The Bertz CT molecular complexity index is 930. The SMILES string of the molecule is COc1cccc(C(=O)N2CCN(C(C(=O)Nc3ccc(C)cc3)C3CCCC3)CC2)c1. The van der Waals surface area contributed by atoms with E-state index in [0.29, 0.717) is 43.4 Å². The topological polar surface area (TPSA) is 61.9 Å². The van der Waals surface area contributed by atoms with Crippen molar-refractivity contribution in [3.8, 4) is 5.75 Å². The summed E-state index contributed by atoms with van der Waals surface area (Å²) in [6, 6.07) is 15.1. The third-order valence-electron chi connectivity index (χ3n) is 6.75. The molecule has 0 spiro atoms. The first-order valence-corrected chi connectivity index (χ1v) is 11.6.